The van der Waals surface area contributed by atoms with Crippen LogP contribution >= 0.6 is 0 Å². The summed E-state index contributed by atoms with van der Waals surface area (Å²) in [4.78, 5) is 0. The lowest BCUT2D eigenvalue weighted by atomic mass is 10.2. The zero-order valence-corrected chi connectivity index (χ0v) is 16.2. The van der Waals surface area contributed by atoms with Gasteiger partial charge in [0.2, 0.25) is 6.33 Å². The summed E-state index contributed by atoms with van der Waals surface area (Å²) in [7, 11) is 0. The molecule has 0 saturated carbocycles. The Morgan fingerprint density at radius 1 is 1.12 bits per heavy atom. The summed E-state index contributed by atoms with van der Waals surface area (Å²) in [6.45, 7) is 5.83. The van der Waals surface area contributed by atoms with Crippen LogP contribution in [0.4, 0.5) is 0 Å². The molecule has 1 unspecified atom stereocenters. The van der Waals surface area contributed by atoms with Gasteiger partial charge in [-0.15, -0.1) is 0 Å². The van der Waals surface area contributed by atoms with Gasteiger partial charge in [0, 0.05) is 0 Å². The highest BCUT2D eigenvalue weighted by Crippen LogP contribution is 2.16. The molecule has 0 spiro atoms. The van der Waals surface area contributed by atoms with Gasteiger partial charge in [-0.25, -0.2) is 9.13 Å². The molecule has 1 aromatic heterocycles. The van der Waals surface area contributed by atoms with Crippen molar-refractivity contribution < 1.29 is 38.4 Å². The molecular formula is C19H23IN2O2. The van der Waals surface area contributed by atoms with Crippen molar-refractivity contribution in [2.45, 2.75) is 33.0 Å². The molecule has 5 heteroatoms. The van der Waals surface area contributed by atoms with Crippen molar-refractivity contribution >= 4 is 11.0 Å². The Labute approximate surface area is 159 Å². The predicted octanol–water partition coefficient (Wildman–Crippen LogP) is -0.299. The van der Waals surface area contributed by atoms with E-state index in [1.54, 1.807) is 0 Å². The SMILES string of the molecule is CCn1c[n+](CC(O)COc2ccccc2C)c2ccccc21.[I-]. The molecule has 4 nitrogen and oxygen atoms in total. The first-order valence-electron chi connectivity index (χ1n) is 8.03. The van der Waals surface area contributed by atoms with Gasteiger partial charge in [-0.2, -0.15) is 0 Å². The first kappa shape index (κ1) is 18.7. The zero-order chi connectivity index (χ0) is 16.2. The van der Waals surface area contributed by atoms with Crippen LogP contribution in [0, 0.1) is 6.92 Å². The maximum Gasteiger partial charge on any atom is 0.244 e. The normalized spacial score (nSPS) is 12.0. The average molecular weight is 438 g/mol. The van der Waals surface area contributed by atoms with Gasteiger partial charge >= 0.3 is 0 Å². The third-order valence-electron chi connectivity index (χ3n) is 4.05. The third kappa shape index (κ3) is 4.08. The maximum atomic E-state index is 10.3. The molecule has 0 aliphatic rings. The van der Waals surface area contributed by atoms with E-state index >= 15 is 0 Å². The molecule has 0 amide bonds. The molecule has 24 heavy (non-hydrogen) atoms. The lowest BCUT2D eigenvalue weighted by molar-refractivity contribution is -0.679. The summed E-state index contributed by atoms with van der Waals surface area (Å²) < 4.78 is 10.0. The smallest absolute Gasteiger partial charge is 0.244 e. The van der Waals surface area contributed by atoms with Gasteiger partial charge < -0.3 is 33.8 Å². The monoisotopic (exact) mass is 438 g/mol. The fourth-order valence-corrected chi connectivity index (χ4v) is 2.82. The van der Waals surface area contributed by atoms with Gasteiger partial charge in [0.15, 0.2) is 11.0 Å². The third-order valence-corrected chi connectivity index (χ3v) is 4.05. The van der Waals surface area contributed by atoms with E-state index in [1.165, 1.54) is 5.52 Å². The van der Waals surface area contributed by atoms with Crippen LogP contribution in [-0.2, 0) is 13.1 Å². The summed E-state index contributed by atoms with van der Waals surface area (Å²) in [5, 5.41) is 10.3. The van der Waals surface area contributed by atoms with Crippen molar-refractivity contribution in [2.75, 3.05) is 6.61 Å². The van der Waals surface area contributed by atoms with Crippen LogP contribution in [0.2, 0.25) is 0 Å². The number of halogens is 1. The number of aryl methyl sites for hydroxylation is 2. The number of aliphatic hydroxyl groups excluding tert-OH is 1. The summed E-state index contributed by atoms with van der Waals surface area (Å²) in [6.07, 6.45) is 1.50. The second kappa shape index (κ2) is 8.48. The van der Waals surface area contributed by atoms with Crippen LogP contribution in [0.3, 0.4) is 0 Å². The van der Waals surface area contributed by atoms with E-state index in [9.17, 15) is 5.11 Å². The minimum atomic E-state index is -0.560. The van der Waals surface area contributed by atoms with Gasteiger partial charge in [-0.3, -0.25) is 0 Å². The molecule has 128 valence electrons. The van der Waals surface area contributed by atoms with Crippen molar-refractivity contribution in [3.63, 3.8) is 0 Å². The Kier molecular flexibility index (Phi) is 6.62. The van der Waals surface area contributed by atoms with Gasteiger partial charge in [-0.05, 0) is 37.6 Å². The molecule has 0 saturated heterocycles. The Bertz CT molecular complexity index is 801. The predicted molar refractivity (Wildman–Crippen MR) is 90.5 cm³/mol. The molecule has 3 aromatic rings. The average Bonchev–Trinajstić information content (AvgIpc) is 2.92. The van der Waals surface area contributed by atoms with Gasteiger partial charge in [0.1, 0.15) is 25.0 Å². The first-order chi connectivity index (χ1) is 11.2. The minimum absolute atomic E-state index is 0. The van der Waals surface area contributed by atoms with Crippen molar-refractivity contribution in [1.82, 2.24) is 4.57 Å². The standard InChI is InChI=1S/C19H23N2O2.HI/c1-3-20-14-21(18-10-6-5-9-17(18)20)12-16(22)13-23-19-11-7-4-8-15(19)2;/h4-11,14,16,22H,3,12-13H2,1-2H3;1H/q+1;/p-1. The number of aliphatic hydroxyl groups is 1. The number of hydrogen-bond donors (Lipinski definition) is 1. The van der Waals surface area contributed by atoms with Crippen LogP contribution in [0.15, 0.2) is 54.9 Å². The molecule has 0 aliphatic heterocycles. The number of para-hydroxylation sites is 3. The molecule has 2 aromatic carbocycles. The number of fused-ring (bicyclic) bond motifs is 1. The molecule has 0 bridgehead atoms. The topological polar surface area (TPSA) is 38.3 Å². The molecule has 0 fully saturated rings. The second-order valence-corrected chi connectivity index (χ2v) is 5.77. The zero-order valence-electron chi connectivity index (χ0n) is 14.0. The van der Waals surface area contributed by atoms with E-state index < -0.39 is 6.10 Å². The van der Waals surface area contributed by atoms with E-state index in [4.69, 9.17) is 4.74 Å². The Hall–Kier alpha value is -1.60. The summed E-state index contributed by atoms with van der Waals surface area (Å²) >= 11 is 0. The minimum Gasteiger partial charge on any atom is -1.00 e. The number of benzene rings is 2. The number of rotatable bonds is 6. The summed E-state index contributed by atoms with van der Waals surface area (Å²) in [5.74, 6) is 0.826. The van der Waals surface area contributed by atoms with Crippen molar-refractivity contribution in [3.8, 4) is 5.75 Å². The van der Waals surface area contributed by atoms with Crippen molar-refractivity contribution in [3.05, 3.63) is 60.4 Å². The van der Waals surface area contributed by atoms with Gasteiger partial charge in [0.25, 0.3) is 0 Å². The Balaban J connectivity index is 0.00000208. The van der Waals surface area contributed by atoms with Crippen molar-refractivity contribution in [2.24, 2.45) is 0 Å². The lowest BCUT2D eigenvalue weighted by Gasteiger charge is -2.12. The van der Waals surface area contributed by atoms with E-state index in [0.29, 0.717) is 6.54 Å². The van der Waals surface area contributed by atoms with Crippen LogP contribution < -0.4 is 33.3 Å². The highest BCUT2D eigenvalue weighted by Gasteiger charge is 2.17. The van der Waals surface area contributed by atoms with Gasteiger partial charge in [0.05, 0.1) is 6.54 Å². The van der Waals surface area contributed by atoms with Gasteiger partial charge in [-0.1, -0.05) is 30.3 Å². The molecule has 1 atom stereocenters. The molecule has 0 radical (unpaired) electrons. The van der Waals surface area contributed by atoms with Crippen LogP contribution in [0.1, 0.15) is 12.5 Å². The molecule has 3 rings (SSSR count). The Morgan fingerprint density at radius 3 is 2.58 bits per heavy atom. The molecular weight excluding hydrogens is 415 g/mol. The Morgan fingerprint density at radius 2 is 1.83 bits per heavy atom. The highest BCUT2D eigenvalue weighted by atomic mass is 127. The second-order valence-electron chi connectivity index (χ2n) is 5.77. The van der Waals surface area contributed by atoms with Crippen LogP contribution in [-0.4, -0.2) is 22.4 Å². The van der Waals surface area contributed by atoms with E-state index in [0.717, 1.165) is 23.4 Å². The molecule has 1 heterocycles. The van der Waals surface area contributed by atoms with E-state index in [1.807, 2.05) is 43.3 Å². The van der Waals surface area contributed by atoms with E-state index in [2.05, 4.69) is 34.5 Å². The summed E-state index contributed by atoms with van der Waals surface area (Å²) in [6, 6.07) is 16.1. The largest absolute Gasteiger partial charge is 1.00 e. The van der Waals surface area contributed by atoms with Crippen molar-refractivity contribution in [1.29, 1.82) is 0 Å². The number of hydrogen-bond acceptors (Lipinski definition) is 2. The molecule has 1 N–H and O–H groups in total. The number of aromatic nitrogens is 2. The summed E-state index contributed by atoms with van der Waals surface area (Å²) in [5.41, 5.74) is 3.39. The number of nitrogens with zero attached hydrogens (tertiary/aromatic N) is 2. The maximum absolute atomic E-state index is 10.3. The van der Waals surface area contributed by atoms with Crippen LogP contribution in [0.25, 0.3) is 11.0 Å². The van der Waals surface area contributed by atoms with Crippen LogP contribution in [0.5, 0.6) is 5.75 Å². The molecule has 0 aliphatic carbocycles. The number of imidazole rings is 1. The lowest BCUT2D eigenvalue weighted by Crippen LogP contribution is -3.00. The quantitative estimate of drug-likeness (QED) is 0.424. The first-order valence-corrected chi connectivity index (χ1v) is 8.03. The highest BCUT2D eigenvalue weighted by molar-refractivity contribution is 5.71. The number of ether oxygens (including phenoxy) is 1. The van der Waals surface area contributed by atoms with E-state index in [-0.39, 0.29) is 30.6 Å². The fraction of sp³-hybridized carbons (Fsp3) is 0.316. The fourth-order valence-electron chi connectivity index (χ4n) is 2.82.